The third-order valence-corrected chi connectivity index (χ3v) is 4.53. The second kappa shape index (κ2) is 7.70. The molecule has 5 rings (SSSR count). The van der Waals surface area contributed by atoms with Gasteiger partial charge in [0.2, 0.25) is 0 Å². The van der Waals surface area contributed by atoms with Crippen LogP contribution < -0.4 is 4.74 Å². The number of aliphatic carboxylic acids is 1. The zero-order valence-corrected chi connectivity index (χ0v) is 15.9. The van der Waals surface area contributed by atoms with E-state index in [4.69, 9.17) is 27.9 Å². The summed E-state index contributed by atoms with van der Waals surface area (Å²) in [6.07, 6.45) is 5.45. The number of carbonyl (C=O) groups is 1. The first-order valence-electron chi connectivity index (χ1n) is 8.77. The van der Waals surface area contributed by atoms with E-state index >= 15 is 0 Å². The molecule has 0 saturated heterocycles. The number of imidazole rings is 1. The van der Waals surface area contributed by atoms with Crippen LogP contribution in [0.1, 0.15) is 5.56 Å². The quantitative estimate of drug-likeness (QED) is 0.419. The minimum atomic E-state index is -0.910. The number of terminal acetylenes is 1. The molecule has 2 aliphatic carbocycles. The summed E-state index contributed by atoms with van der Waals surface area (Å²) in [5.41, 5.74) is 4.80. The molecule has 0 atom stereocenters. The predicted molar refractivity (Wildman–Crippen MR) is 112 cm³/mol. The minimum Gasteiger partial charge on any atom is -0.481 e. The molecule has 3 aromatic rings. The van der Waals surface area contributed by atoms with Gasteiger partial charge in [0.15, 0.2) is 0 Å². The third-order valence-electron chi connectivity index (χ3n) is 4.29. The highest BCUT2D eigenvalue weighted by molar-refractivity contribution is 6.31. The second-order valence-electron chi connectivity index (χ2n) is 6.39. The molecule has 0 saturated carbocycles. The predicted octanol–water partition coefficient (Wildman–Crippen LogP) is 5.21. The number of rotatable bonds is 4. The van der Waals surface area contributed by atoms with Gasteiger partial charge in [-0.25, -0.2) is 4.57 Å². The van der Waals surface area contributed by atoms with Crippen LogP contribution in [0.25, 0.3) is 22.2 Å². The molecule has 0 radical (unpaired) electrons. The fourth-order valence-corrected chi connectivity index (χ4v) is 3.06. The molecule has 6 heteroatoms. The van der Waals surface area contributed by atoms with E-state index in [0.29, 0.717) is 27.4 Å². The highest BCUT2D eigenvalue weighted by Crippen LogP contribution is 2.32. The van der Waals surface area contributed by atoms with Gasteiger partial charge < -0.3 is 9.84 Å². The molecule has 0 bridgehead atoms. The fourth-order valence-electron chi connectivity index (χ4n) is 2.89. The lowest BCUT2D eigenvalue weighted by atomic mass is 10.1. The fraction of sp³-hybridized carbons (Fsp3) is 0.0435. The van der Waals surface area contributed by atoms with E-state index in [1.165, 1.54) is 15.7 Å². The lowest BCUT2D eigenvalue weighted by molar-refractivity contribution is -0.136. The number of fused-ring (bicyclic) bond motifs is 2. The lowest BCUT2D eigenvalue weighted by Gasteiger charge is -2.06. The molecule has 0 spiro atoms. The lowest BCUT2D eigenvalue weighted by Crippen LogP contribution is -2.00. The summed E-state index contributed by atoms with van der Waals surface area (Å²) in [5, 5.41) is 9.40. The maximum atomic E-state index is 10.8. The van der Waals surface area contributed by atoms with Crippen molar-refractivity contribution in [2.75, 3.05) is 0 Å². The number of benzene rings is 3. The molecule has 0 unspecified atom stereocenters. The van der Waals surface area contributed by atoms with Crippen molar-refractivity contribution >= 4 is 28.6 Å². The first-order chi connectivity index (χ1) is 14.0. The topological polar surface area (TPSA) is 64.3 Å². The van der Waals surface area contributed by atoms with Crippen molar-refractivity contribution in [1.29, 1.82) is 0 Å². The molecule has 1 heterocycles. The molecule has 2 aromatic carbocycles. The van der Waals surface area contributed by atoms with E-state index in [2.05, 4.69) is 35.3 Å². The highest BCUT2D eigenvalue weighted by atomic mass is 35.5. The van der Waals surface area contributed by atoms with Crippen molar-refractivity contribution in [2.24, 2.45) is 0 Å². The standard InChI is InChI=1S/C17H11ClN2O3.C6H4/c1-2-20-15-10-12(18)6-7-14(15)19-17(20)23-13-5-3-4-11(8-13)9-16(21)22;1-2-5-4-6(5)3-1/h1,3-8,10H,9H2,(H,21,22);1-4H. The Morgan fingerprint density at radius 3 is 2.48 bits per heavy atom. The van der Waals surface area contributed by atoms with Gasteiger partial charge in [0, 0.05) is 11.1 Å². The number of aromatic nitrogens is 2. The monoisotopic (exact) mass is 402 g/mol. The van der Waals surface area contributed by atoms with Crippen LogP contribution in [0.3, 0.4) is 0 Å². The number of ether oxygens (including phenoxy) is 1. The number of carboxylic acid groups (broad SMARTS) is 1. The summed E-state index contributed by atoms with van der Waals surface area (Å²) >= 11 is 5.98. The molecular formula is C23H15ClN2O3. The average molecular weight is 403 g/mol. The Balaban J connectivity index is 0.000000286. The summed E-state index contributed by atoms with van der Waals surface area (Å²) in [4.78, 5) is 15.1. The van der Waals surface area contributed by atoms with E-state index in [1.807, 2.05) is 0 Å². The Morgan fingerprint density at radius 1 is 1.10 bits per heavy atom. The van der Waals surface area contributed by atoms with Crippen LogP contribution in [0.2, 0.25) is 5.02 Å². The molecule has 0 amide bonds. The number of hydrogen-bond donors (Lipinski definition) is 1. The van der Waals surface area contributed by atoms with Gasteiger partial charge in [-0.15, -0.1) is 0 Å². The Hall–Kier alpha value is -3.75. The first kappa shape index (κ1) is 18.6. The molecule has 0 fully saturated rings. The molecule has 142 valence electrons. The van der Waals surface area contributed by atoms with E-state index < -0.39 is 5.97 Å². The second-order valence-corrected chi connectivity index (χ2v) is 6.83. The zero-order valence-electron chi connectivity index (χ0n) is 15.2. The molecule has 5 nitrogen and oxygen atoms in total. The number of carboxylic acids is 1. The average Bonchev–Trinajstić information content (AvgIpc) is 3.13. The molecule has 1 N–H and O–H groups in total. The van der Waals surface area contributed by atoms with Crippen LogP contribution in [-0.2, 0) is 11.2 Å². The van der Waals surface area contributed by atoms with Crippen LogP contribution in [0.15, 0.2) is 66.7 Å². The zero-order chi connectivity index (χ0) is 20.4. The smallest absolute Gasteiger partial charge is 0.315 e. The third kappa shape index (κ3) is 4.23. The van der Waals surface area contributed by atoms with E-state index in [9.17, 15) is 4.79 Å². The van der Waals surface area contributed by atoms with E-state index in [0.717, 1.165) is 0 Å². The SMILES string of the molecule is C#Cn1c(Oc2cccc(CC(=O)O)c2)nc2ccc(Cl)cc21.c1cc2cc-2c1. The summed E-state index contributed by atoms with van der Waals surface area (Å²) in [6.45, 7) is 0. The summed E-state index contributed by atoms with van der Waals surface area (Å²) in [6, 6.07) is 23.1. The van der Waals surface area contributed by atoms with Gasteiger partial charge in [0.1, 0.15) is 5.75 Å². The van der Waals surface area contributed by atoms with Gasteiger partial charge in [-0.3, -0.25) is 4.79 Å². The Kier molecular flexibility index (Phi) is 4.94. The molecule has 2 aliphatic rings. The van der Waals surface area contributed by atoms with Crippen LogP contribution in [0, 0.1) is 12.5 Å². The van der Waals surface area contributed by atoms with Gasteiger partial charge >= 0.3 is 12.0 Å². The maximum absolute atomic E-state index is 10.8. The Bertz CT molecular complexity index is 1250. The number of halogens is 1. The van der Waals surface area contributed by atoms with E-state index in [-0.39, 0.29) is 12.4 Å². The van der Waals surface area contributed by atoms with E-state index in [1.54, 1.807) is 42.5 Å². The minimum absolute atomic E-state index is 0.0850. The van der Waals surface area contributed by atoms with Gasteiger partial charge in [-0.2, -0.15) is 4.98 Å². The molecular weight excluding hydrogens is 388 g/mol. The Morgan fingerprint density at radius 2 is 1.86 bits per heavy atom. The van der Waals surface area contributed by atoms with Crippen LogP contribution in [0.4, 0.5) is 0 Å². The van der Waals surface area contributed by atoms with Crippen molar-refractivity contribution in [3.05, 3.63) is 77.3 Å². The largest absolute Gasteiger partial charge is 0.481 e. The normalized spacial score (nSPS) is 10.6. The number of hydrogen-bond acceptors (Lipinski definition) is 3. The molecule has 29 heavy (non-hydrogen) atoms. The Labute approximate surface area is 172 Å². The molecule has 1 aromatic heterocycles. The van der Waals surface area contributed by atoms with Crippen molar-refractivity contribution in [2.45, 2.75) is 6.42 Å². The van der Waals surface area contributed by atoms with Crippen LogP contribution in [-0.4, -0.2) is 20.6 Å². The van der Waals surface area contributed by atoms with Gasteiger partial charge in [-0.05, 0) is 53.1 Å². The van der Waals surface area contributed by atoms with Crippen molar-refractivity contribution in [1.82, 2.24) is 9.55 Å². The van der Waals surface area contributed by atoms with Crippen molar-refractivity contribution in [3.63, 3.8) is 0 Å². The molecule has 0 aliphatic heterocycles. The van der Waals surface area contributed by atoms with Gasteiger partial charge in [0.05, 0.1) is 17.5 Å². The van der Waals surface area contributed by atoms with Crippen molar-refractivity contribution in [3.8, 4) is 35.4 Å². The van der Waals surface area contributed by atoms with Crippen LogP contribution >= 0.6 is 11.6 Å². The summed E-state index contributed by atoms with van der Waals surface area (Å²) in [7, 11) is 0. The van der Waals surface area contributed by atoms with Crippen LogP contribution in [0.5, 0.6) is 11.8 Å². The van der Waals surface area contributed by atoms with Gasteiger partial charge in [-0.1, -0.05) is 48.4 Å². The first-order valence-corrected chi connectivity index (χ1v) is 9.15. The highest BCUT2D eigenvalue weighted by Gasteiger charge is 2.12. The maximum Gasteiger partial charge on any atom is 0.315 e. The summed E-state index contributed by atoms with van der Waals surface area (Å²) < 4.78 is 7.17. The summed E-state index contributed by atoms with van der Waals surface area (Å²) in [5.74, 6) is -0.450. The van der Waals surface area contributed by atoms with Gasteiger partial charge in [0.25, 0.3) is 0 Å². The van der Waals surface area contributed by atoms with Crippen molar-refractivity contribution < 1.29 is 14.6 Å². The number of nitrogens with zero attached hydrogens (tertiary/aromatic N) is 2.